The summed E-state index contributed by atoms with van der Waals surface area (Å²) in [4.78, 5) is 0. The van der Waals surface area contributed by atoms with E-state index in [0.717, 1.165) is 18.4 Å². The first kappa shape index (κ1) is 20.4. The van der Waals surface area contributed by atoms with E-state index >= 15 is 0 Å². The van der Waals surface area contributed by atoms with Crippen molar-refractivity contribution in [2.45, 2.75) is 52.4 Å². The smallest absolute Gasteiger partial charge is 0.214 e. The molecule has 1 aromatic rings. The molecule has 1 saturated heterocycles. The van der Waals surface area contributed by atoms with Crippen molar-refractivity contribution in [1.29, 1.82) is 0 Å². The number of rotatable bonds is 7. The monoisotopic (exact) mass is 367 g/mol. The highest BCUT2D eigenvalue weighted by atomic mass is 32.2. The first-order chi connectivity index (χ1) is 11.7. The molecule has 5 heteroatoms. The van der Waals surface area contributed by atoms with E-state index in [2.05, 4.69) is 45.0 Å². The van der Waals surface area contributed by atoms with Crippen LogP contribution in [-0.4, -0.2) is 44.8 Å². The molecule has 4 nitrogen and oxygen atoms in total. The number of ether oxygens (including phenoxy) is 1. The average Bonchev–Trinajstić information content (AvgIpc) is 2.58. The molecule has 0 aliphatic carbocycles. The van der Waals surface area contributed by atoms with Gasteiger partial charge in [0.05, 0.1) is 12.4 Å². The van der Waals surface area contributed by atoms with E-state index in [-0.39, 0.29) is 11.2 Å². The van der Waals surface area contributed by atoms with Crippen LogP contribution in [0.15, 0.2) is 24.3 Å². The largest absolute Gasteiger partial charge is 0.381 e. The van der Waals surface area contributed by atoms with Crippen LogP contribution in [0.5, 0.6) is 0 Å². The van der Waals surface area contributed by atoms with Gasteiger partial charge in [-0.1, -0.05) is 45.0 Å². The zero-order valence-electron chi connectivity index (χ0n) is 16.1. The second-order valence-corrected chi connectivity index (χ2v) is 10.1. The Hall–Kier alpha value is -0.910. The molecule has 25 heavy (non-hydrogen) atoms. The maximum atomic E-state index is 12.7. The van der Waals surface area contributed by atoms with E-state index in [1.54, 1.807) is 4.31 Å². The molecule has 1 aliphatic heterocycles. The Morgan fingerprint density at radius 2 is 1.88 bits per heavy atom. The number of piperidine rings is 1. The van der Waals surface area contributed by atoms with Crippen molar-refractivity contribution in [2.75, 3.05) is 32.1 Å². The second-order valence-electron chi connectivity index (χ2n) is 8.04. The van der Waals surface area contributed by atoms with Crippen LogP contribution in [0.3, 0.4) is 0 Å². The summed E-state index contributed by atoms with van der Waals surface area (Å²) in [6, 6.07) is 8.34. The van der Waals surface area contributed by atoms with Gasteiger partial charge < -0.3 is 4.74 Å². The number of nitrogens with zero attached hydrogens (tertiary/aromatic N) is 1. The van der Waals surface area contributed by atoms with Crippen molar-refractivity contribution >= 4 is 10.0 Å². The fourth-order valence-electron chi connectivity index (χ4n) is 3.25. The van der Waals surface area contributed by atoms with Crippen LogP contribution in [0.1, 0.15) is 51.7 Å². The van der Waals surface area contributed by atoms with Crippen molar-refractivity contribution < 1.29 is 13.2 Å². The van der Waals surface area contributed by atoms with Gasteiger partial charge in [-0.25, -0.2) is 12.7 Å². The van der Waals surface area contributed by atoms with Gasteiger partial charge in [0.2, 0.25) is 10.0 Å². The number of aryl methyl sites for hydroxylation is 1. The first-order valence-electron chi connectivity index (χ1n) is 9.37. The lowest BCUT2D eigenvalue weighted by Crippen LogP contribution is -2.42. The summed E-state index contributed by atoms with van der Waals surface area (Å²) in [7, 11) is -3.20. The lowest BCUT2D eigenvalue weighted by atomic mass is 9.86. The quantitative estimate of drug-likeness (QED) is 0.740. The van der Waals surface area contributed by atoms with Gasteiger partial charge in [-0.15, -0.1) is 0 Å². The van der Waals surface area contributed by atoms with Gasteiger partial charge in [-0.2, -0.15) is 0 Å². The summed E-state index contributed by atoms with van der Waals surface area (Å²) < 4.78 is 32.5. The Labute approximate surface area is 153 Å². The lowest BCUT2D eigenvalue weighted by Gasteiger charge is -2.31. The average molecular weight is 368 g/mol. The molecule has 0 radical (unpaired) electrons. The maximum Gasteiger partial charge on any atom is 0.214 e. The van der Waals surface area contributed by atoms with Gasteiger partial charge in [0, 0.05) is 19.7 Å². The van der Waals surface area contributed by atoms with Crippen LogP contribution in [0, 0.1) is 5.92 Å². The van der Waals surface area contributed by atoms with E-state index < -0.39 is 10.0 Å². The van der Waals surface area contributed by atoms with Crippen molar-refractivity contribution in [2.24, 2.45) is 5.92 Å². The number of hydrogen-bond donors (Lipinski definition) is 0. The van der Waals surface area contributed by atoms with E-state index in [1.165, 1.54) is 5.56 Å². The Morgan fingerprint density at radius 3 is 2.48 bits per heavy atom. The van der Waals surface area contributed by atoms with Crippen molar-refractivity contribution in [3.8, 4) is 0 Å². The highest BCUT2D eigenvalue weighted by Gasteiger charge is 2.28. The molecule has 0 N–H and O–H groups in total. The molecule has 1 aliphatic rings. The Balaban J connectivity index is 1.92. The predicted octanol–water partition coefficient (Wildman–Crippen LogP) is 3.60. The third kappa shape index (κ3) is 6.08. The third-order valence-corrected chi connectivity index (χ3v) is 6.74. The highest BCUT2D eigenvalue weighted by Crippen LogP contribution is 2.23. The topological polar surface area (TPSA) is 46.6 Å². The molecule has 1 aromatic carbocycles. The molecule has 0 aromatic heterocycles. The van der Waals surface area contributed by atoms with Crippen LogP contribution < -0.4 is 0 Å². The Morgan fingerprint density at radius 1 is 1.20 bits per heavy atom. The molecule has 1 unspecified atom stereocenters. The van der Waals surface area contributed by atoms with Crippen LogP contribution in [0.25, 0.3) is 0 Å². The number of benzene rings is 1. The van der Waals surface area contributed by atoms with Gasteiger partial charge in [-0.3, -0.25) is 0 Å². The molecule has 1 heterocycles. The highest BCUT2D eigenvalue weighted by molar-refractivity contribution is 7.89. The van der Waals surface area contributed by atoms with Crippen molar-refractivity contribution in [1.82, 2.24) is 4.31 Å². The summed E-state index contributed by atoms with van der Waals surface area (Å²) in [6.07, 6.45) is 2.55. The van der Waals surface area contributed by atoms with Crippen LogP contribution >= 0.6 is 0 Å². The summed E-state index contributed by atoms with van der Waals surface area (Å²) >= 11 is 0. The van der Waals surface area contributed by atoms with Crippen molar-refractivity contribution in [3.05, 3.63) is 35.4 Å². The molecule has 1 fully saturated rings. The zero-order valence-corrected chi connectivity index (χ0v) is 16.9. The summed E-state index contributed by atoms with van der Waals surface area (Å²) in [5.41, 5.74) is 2.47. The predicted molar refractivity (Wildman–Crippen MR) is 103 cm³/mol. The summed E-state index contributed by atoms with van der Waals surface area (Å²) in [6.45, 7) is 11.1. The van der Waals surface area contributed by atoms with E-state index in [4.69, 9.17) is 4.74 Å². The molecular formula is C20H33NO3S. The standard InChI is InChI=1S/C20H33NO3S/c1-5-24-16-18-7-6-13-21(15-18)25(22,23)14-12-17-8-10-19(11-9-17)20(2,3)4/h8-11,18H,5-7,12-16H2,1-4H3. The summed E-state index contributed by atoms with van der Waals surface area (Å²) in [5, 5.41) is 0. The molecular weight excluding hydrogens is 334 g/mol. The van der Waals surface area contributed by atoms with Crippen LogP contribution in [0.4, 0.5) is 0 Å². The lowest BCUT2D eigenvalue weighted by molar-refractivity contribution is 0.0864. The Bertz CT molecular complexity index is 632. The molecule has 142 valence electrons. The van der Waals surface area contributed by atoms with Gasteiger partial charge in [0.1, 0.15) is 0 Å². The minimum atomic E-state index is -3.20. The maximum absolute atomic E-state index is 12.7. The van der Waals surface area contributed by atoms with Crippen LogP contribution in [0.2, 0.25) is 0 Å². The molecule has 0 spiro atoms. The van der Waals surface area contributed by atoms with Gasteiger partial charge >= 0.3 is 0 Å². The van der Waals surface area contributed by atoms with E-state index in [9.17, 15) is 8.42 Å². The number of hydrogen-bond acceptors (Lipinski definition) is 3. The first-order valence-corrected chi connectivity index (χ1v) is 11.0. The third-order valence-electron chi connectivity index (χ3n) is 4.90. The SMILES string of the molecule is CCOCC1CCCN(S(=O)(=O)CCc2ccc(C(C)(C)C)cc2)C1. The molecule has 0 saturated carbocycles. The molecule has 2 rings (SSSR count). The fourth-order valence-corrected chi connectivity index (χ4v) is 4.84. The van der Waals surface area contributed by atoms with Crippen molar-refractivity contribution in [3.63, 3.8) is 0 Å². The molecule has 0 amide bonds. The molecule has 0 bridgehead atoms. The van der Waals surface area contributed by atoms with Gasteiger partial charge in [-0.05, 0) is 48.6 Å². The van der Waals surface area contributed by atoms with Gasteiger partial charge in [0.25, 0.3) is 0 Å². The molecule has 1 atom stereocenters. The Kier molecular flexibility index (Phi) is 7.06. The second kappa shape index (κ2) is 8.65. The minimum Gasteiger partial charge on any atom is -0.381 e. The van der Waals surface area contributed by atoms with E-state index in [1.807, 2.05) is 6.92 Å². The fraction of sp³-hybridized carbons (Fsp3) is 0.700. The van der Waals surface area contributed by atoms with E-state index in [0.29, 0.717) is 38.6 Å². The summed E-state index contributed by atoms with van der Waals surface area (Å²) in [5.74, 6) is 0.512. The minimum absolute atomic E-state index is 0.119. The normalized spacial score (nSPS) is 19.9. The van der Waals surface area contributed by atoms with Gasteiger partial charge in [0.15, 0.2) is 0 Å². The van der Waals surface area contributed by atoms with Crippen LogP contribution in [-0.2, 0) is 26.6 Å². The number of sulfonamides is 1. The zero-order chi connectivity index (χ0) is 18.5.